The number of carbonyl (C=O) groups is 1. The fourth-order valence-electron chi connectivity index (χ4n) is 10.9. The summed E-state index contributed by atoms with van der Waals surface area (Å²) in [7, 11) is 0. The number of aliphatic carboxylic acids is 1. The summed E-state index contributed by atoms with van der Waals surface area (Å²) in [6.45, 7) is 13.3. The van der Waals surface area contributed by atoms with Gasteiger partial charge in [-0.25, -0.2) is 0 Å². The van der Waals surface area contributed by atoms with E-state index < -0.39 is 28.5 Å². The Bertz CT molecular complexity index is 941. The summed E-state index contributed by atoms with van der Waals surface area (Å²) in [6, 6.07) is 0. The average Bonchev–Trinajstić information content (AvgIpc) is 2.79. The van der Waals surface area contributed by atoms with Gasteiger partial charge in [0.1, 0.15) is 0 Å². The molecule has 35 heavy (non-hydrogen) atoms. The van der Waals surface area contributed by atoms with E-state index in [1.807, 2.05) is 6.92 Å². The van der Waals surface area contributed by atoms with Crippen molar-refractivity contribution in [2.24, 2.45) is 50.7 Å². The Morgan fingerprint density at radius 2 is 1.66 bits per heavy atom. The van der Waals surface area contributed by atoms with Crippen LogP contribution in [0.3, 0.4) is 0 Å². The first kappa shape index (κ1) is 25.7. The first-order chi connectivity index (χ1) is 16.1. The van der Waals surface area contributed by atoms with Gasteiger partial charge < -0.3 is 20.4 Å². The molecule has 4 N–H and O–H groups in total. The second-order valence-electron chi connectivity index (χ2n) is 14.6. The molecule has 0 bridgehead atoms. The third kappa shape index (κ3) is 2.90. The zero-order valence-corrected chi connectivity index (χ0v) is 22.7. The molecule has 0 unspecified atom stereocenters. The van der Waals surface area contributed by atoms with Gasteiger partial charge in [-0.1, -0.05) is 46.3 Å². The highest BCUT2D eigenvalue weighted by Gasteiger charge is 2.71. The van der Waals surface area contributed by atoms with Crippen LogP contribution in [-0.4, -0.2) is 44.7 Å². The van der Waals surface area contributed by atoms with Gasteiger partial charge in [0.25, 0.3) is 0 Å². The average molecular weight is 489 g/mol. The number of carboxylic acids is 1. The molecule has 4 saturated carbocycles. The summed E-state index contributed by atoms with van der Waals surface area (Å²) < 4.78 is 0. The number of carboxylic acid groups (broad SMARTS) is 1. The standard InChI is InChI=1S/C30H48O5/c1-18-9-14-30(24(33)34)16-15-27(4)19(23(30)29(18,6)35)7-8-21-25(2)12-11-22(32)26(3,17-31)20(25)10-13-28(21,27)5/h7,18,20-23,31-32,35H,8-17H2,1-6H3,(H,33,34)/t18-,20-,21-,22+,23-,25+,26+,27-,28-,29-,30+/m0/s1. The molecule has 0 amide bonds. The molecule has 5 nitrogen and oxygen atoms in total. The fraction of sp³-hybridized carbons (Fsp3) is 0.900. The molecule has 5 rings (SSSR count). The summed E-state index contributed by atoms with van der Waals surface area (Å²) >= 11 is 0. The van der Waals surface area contributed by atoms with Crippen molar-refractivity contribution in [3.63, 3.8) is 0 Å². The van der Waals surface area contributed by atoms with Gasteiger partial charge in [-0.05, 0) is 98.7 Å². The zero-order valence-electron chi connectivity index (χ0n) is 22.7. The summed E-state index contributed by atoms with van der Waals surface area (Å²) in [4.78, 5) is 12.8. The maximum Gasteiger partial charge on any atom is 0.310 e. The van der Waals surface area contributed by atoms with Gasteiger partial charge >= 0.3 is 5.97 Å². The van der Waals surface area contributed by atoms with Gasteiger partial charge in [-0.2, -0.15) is 0 Å². The predicted octanol–water partition coefficient (Wildman–Crippen LogP) is 5.18. The van der Waals surface area contributed by atoms with E-state index in [9.17, 15) is 25.2 Å². The summed E-state index contributed by atoms with van der Waals surface area (Å²) in [5.74, 6) is -0.356. The summed E-state index contributed by atoms with van der Waals surface area (Å²) in [6.07, 6.45) is 9.32. The Morgan fingerprint density at radius 1 is 0.971 bits per heavy atom. The second-order valence-corrected chi connectivity index (χ2v) is 14.6. The van der Waals surface area contributed by atoms with E-state index >= 15 is 0 Å². The number of hydrogen-bond acceptors (Lipinski definition) is 4. The molecule has 5 heteroatoms. The minimum absolute atomic E-state index is 0.0115. The van der Waals surface area contributed by atoms with Gasteiger partial charge in [0, 0.05) is 11.3 Å². The van der Waals surface area contributed by atoms with Crippen LogP contribution in [0.2, 0.25) is 0 Å². The maximum absolute atomic E-state index is 12.8. The molecule has 0 saturated heterocycles. The van der Waals surface area contributed by atoms with Crippen LogP contribution < -0.4 is 0 Å². The van der Waals surface area contributed by atoms with Gasteiger partial charge in [0.2, 0.25) is 0 Å². The minimum Gasteiger partial charge on any atom is -0.481 e. The van der Waals surface area contributed by atoms with Crippen molar-refractivity contribution >= 4 is 5.97 Å². The van der Waals surface area contributed by atoms with E-state index in [0.29, 0.717) is 18.8 Å². The number of allylic oxidation sites excluding steroid dienone is 1. The highest BCUT2D eigenvalue weighted by molar-refractivity contribution is 5.77. The van der Waals surface area contributed by atoms with Crippen LogP contribution in [0, 0.1) is 50.7 Å². The first-order valence-corrected chi connectivity index (χ1v) is 14.1. The van der Waals surface area contributed by atoms with Gasteiger partial charge in [-0.3, -0.25) is 4.79 Å². The lowest BCUT2D eigenvalue weighted by Crippen LogP contribution is -2.68. The molecular weight excluding hydrogens is 440 g/mol. The van der Waals surface area contributed by atoms with Crippen molar-refractivity contribution < 1.29 is 25.2 Å². The monoisotopic (exact) mass is 488 g/mol. The molecule has 198 valence electrons. The Balaban J connectivity index is 1.64. The number of aliphatic hydroxyl groups is 3. The van der Waals surface area contributed by atoms with E-state index in [-0.39, 0.29) is 40.6 Å². The van der Waals surface area contributed by atoms with E-state index in [2.05, 4.69) is 40.7 Å². The Kier molecular flexibility index (Phi) is 5.56. The van der Waals surface area contributed by atoms with E-state index in [0.717, 1.165) is 44.9 Å². The molecule has 0 aromatic rings. The topological polar surface area (TPSA) is 98.0 Å². The van der Waals surface area contributed by atoms with E-state index in [4.69, 9.17) is 0 Å². The largest absolute Gasteiger partial charge is 0.481 e. The van der Waals surface area contributed by atoms with Crippen LogP contribution >= 0.6 is 0 Å². The molecule has 0 aromatic carbocycles. The van der Waals surface area contributed by atoms with Gasteiger partial charge in [-0.15, -0.1) is 0 Å². The van der Waals surface area contributed by atoms with Crippen molar-refractivity contribution in [1.82, 2.24) is 0 Å². The molecule has 0 spiro atoms. The number of fused-ring (bicyclic) bond motifs is 7. The molecule has 5 aliphatic rings. The van der Waals surface area contributed by atoms with Crippen LogP contribution in [0.4, 0.5) is 0 Å². The van der Waals surface area contributed by atoms with Crippen molar-refractivity contribution in [3.8, 4) is 0 Å². The molecular formula is C30H48O5. The lowest BCUT2D eigenvalue weighted by Gasteiger charge is -2.71. The second kappa shape index (κ2) is 7.57. The number of rotatable bonds is 2. The number of hydrogen-bond donors (Lipinski definition) is 4. The normalized spacial score (nSPS) is 57.7. The van der Waals surface area contributed by atoms with E-state index in [1.165, 1.54) is 5.57 Å². The summed E-state index contributed by atoms with van der Waals surface area (Å²) in [5, 5.41) is 43.8. The lowest BCUT2D eigenvalue weighted by atomic mass is 9.33. The SMILES string of the molecule is C[C@H]1CC[C@@]2(C(=O)O)CC[C@@]3(C)C(=CC[C@H]4[C@]5(C)CC[C@@H](O)[C@](C)(CO)[C@H]5CC[C@@]43C)[C@H]2[C@@]1(C)O. The molecule has 11 atom stereocenters. The fourth-order valence-corrected chi connectivity index (χ4v) is 10.9. The van der Waals surface area contributed by atoms with Crippen LogP contribution in [0.25, 0.3) is 0 Å². The lowest BCUT2D eigenvalue weighted by molar-refractivity contribution is -0.225. The third-order valence-electron chi connectivity index (χ3n) is 13.6. The van der Waals surface area contributed by atoms with Crippen LogP contribution in [0.5, 0.6) is 0 Å². The predicted molar refractivity (Wildman–Crippen MR) is 135 cm³/mol. The third-order valence-corrected chi connectivity index (χ3v) is 13.6. The first-order valence-electron chi connectivity index (χ1n) is 14.1. The van der Waals surface area contributed by atoms with E-state index in [1.54, 1.807) is 0 Å². The highest BCUT2D eigenvalue weighted by Crippen LogP contribution is 2.76. The quantitative estimate of drug-likeness (QED) is 0.402. The van der Waals surface area contributed by atoms with Crippen molar-refractivity contribution in [1.29, 1.82) is 0 Å². The van der Waals surface area contributed by atoms with Crippen molar-refractivity contribution in [2.45, 2.75) is 111 Å². The minimum atomic E-state index is -1.04. The Morgan fingerprint density at radius 3 is 2.29 bits per heavy atom. The maximum atomic E-state index is 12.8. The Labute approximate surface area is 211 Å². The van der Waals surface area contributed by atoms with Crippen molar-refractivity contribution in [2.75, 3.05) is 6.61 Å². The summed E-state index contributed by atoms with van der Waals surface area (Å²) in [5.41, 5.74) is -1.35. The van der Waals surface area contributed by atoms with Gasteiger partial charge in [0.05, 0.1) is 23.7 Å². The molecule has 0 aliphatic heterocycles. The molecule has 0 aromatic heterocycles. The Hall–Kier alpha value is -0.910. The van der Waals surface area contributed by atoms with Crippen LogP contribution in [0.1, 0.15) is 99.3 Å². The zero-order chi connectivity index (χ0) is 25.8. The number of aliphatic hydroxyl groups excluding tert-OH is 2. The molecule has 0 radical (unpaired) electrons. The highest BCUT2D eigenvalue weighted by atomic mass is 16.4. The smallest absolute Gasteiger partial charge is 0.310 e. The molecule has 5 aliphatic carbocycles. The molecule has 0 heterocycles. The van der Waals surface area contributed by atoms with Gasteiger partial charge in [0.15, 0.2) is 0 Å². The van der Waals surface area contributed by atoms with Crippen LogP contribution in [-0.2, 0) is 4.79 Å². The van der Waals surface area contributed by atoms with Crippen LogP contribution in [0.15, 0.2) is 11.6 Å². The molecule has 4 fully saturated rings. The van der Waals surface area contributed by atoms with Crippen molar-refractivity contribution in [3.05, 3.63) is 11.6 Å².